The molecule has 0 aliphatic carbocycles. The van der Waals surface area contributed by atoms with E-state index < -0.39 is 0 Å². The smallest absolute Gasteiger partial charge is 0.161 e. The van der Waals surface area contributed by atoms with Crippen LogP contribution >= 0.6 is 0 Å². The van der Waals surface area contributed by atoms with Gasteiger partial charge in [-0.15, -0.1) is 0 Å². The van der Waals surface area contributed by atoms with Gasteiger partial charge < -0.3 is 14.8 Å². The molecule has 1 unspecified atom stereocenters. The van der Waals surface area contributed by atoms with Crippen LogP contribution in [0.5, 0.6) is 11.5 Å². The van der Waals surface area contributed by atoms with Crippen molar-refractivity contribution >= 4 is 0 Å². The lowest BCUT2D eigenvalue weighted by Gasteiger charge is -2.21. The van der Waals surface area contributed by atoms with E-state index in [-0.39, 0.29) is 0 Å². The Morgan fingerprint density at radius 3 is 2.42 bits per heavy atom. The Morgan fingerprint density at radius 2 is 1.84 bits per heavy atom. The van der Waals surface area contributed by atoms with Crippen molar-refractivity contribution in [2.75, 3.05) is 20.3 Å². The molecule has 0 fully saturated rings. The molecule has 0 amide bonds. The zero-order chi connectivity index (χ0) is 14.1. The third-order valence-electron chi connectivity index (χ3n) is 3.26. The lowest BCUT2D eigenvalue weighted by Crippen LogP contribution is -2.33. The van der Waals surface area contributed by atoms with E-state index in [4.69, 9.17) is 9.47 Å². The van der Waals surface area contributed by atoms with E-state index in [2.05, 4.69) is 26.1 Å². The number of nitrogens with one attached hydrogen (secondary N) is 1. The highest BCUT2D eigenvalue weighted by Crippen LogP contribution is 2.25. The van der Waals surface area contributed by atoms with Crippen molar-refractivity contribution in [3.8, 4) is 11.5 Å². The first kappa shape index (κ1) is 15.8. The van der Waals surface area contributed by atoms with Crippen molar-refractivity contribution in [2.24, 2.45) is 5.92 Å². The molecule has 0 saturated heterocycles. The van der Waals surface area contributed by atoms with Crippen LogP contribution in [0.15, 0.2) is 24.3 Å². The zero-order valence-electron chi connectivity index (χ0n) is 12.6. The maximum Gasteiger partial charge on any atom is 0.161 e. The maximum absolute atomic E-state index is 5.78. The summed E-state index contributed by atoms with van der Waals surface area (Å²) in [4.78, 5) is 0. The Balaban J connectivity index is 2.33. The van der Waals surface area contributed by atoms with Gasteiger partial charge in [-0.2, -0.15) is 0 Å². The molecule has 1 N–H and O–H groups in total. The molecule has 0 saturated carbocycles. The molecular formula is C16H27NO2. The molecule has 1 aromatic rings. The van der Waals surface area contributed by atoms with Crippen LogP contribution in [-0.2, 0) is 0 Å². The molecule has 0 spiro atoms. The minimum Gasteiger partial charge on any atom is -0.493 e. The number of para-hydroxylation sites is 2. The summed E-state index contributed by atoms with van der Waals surface area (Å²) in [5.41, 5.74) is 0. The Morgan fingerprint density at radius 1 is 1.16 bits per heavy atom. The fourth-order valence-corrected chi connectivity index (χ4v) is 2.16. The molecule has 1 aromatic carbocycles. The average Bonchev–Trinajstić information content (AvgIpc) is 2.42. The van der Waals surface area contributed by atoms with Gasteiger partial charge in [0, 0.05) is 6.04 Å². The van der Waals surface area contributed by atoms with Gasteiger partial charge in [-0.25, -0.2) is 0 Å². The van der Waals surface area contributed by atoms with E-state index in [1.165, 1.54) is 0 Å². The number of benzene rings is 1. The lowest BCUT2D eigenvalue weighted by molar-refractivity contribution is 0.269. The molecular weight excluding hydrogens is 238 g/mol. The van der Waals surface area contributed by atoms with E-state index in [0.29, 0.717) is 12.0 Å². The van der Waals surface area contributed by atoms with Crippen LogP contribution in [0.4, 0.5) is 0 Å². The van der Waals surface area contributed by atoms with Crippen LogP contribution in [0.3, 0.4) is 0 Å². The molecule has 0 bridgehead atoms. The summed E-state index contributed by atoms with van der Waals surface area (Å²) in [6.45, 7) is 8.43. The normalized spacial score (nSPS) is 12.5. The first-order valence-corrected chi connectivity index (χ1v) is 7.18. The quantitative estimate of drug-likeness (QED) is 0.693. The summed E-state index contributed by atoms with van der Waals surface area (Å²) in [6.07, 6.45) is 2.19. The van der Waals surface area contributed by atoms with Gasteiger partial charge in [0.15, 0.2) is 11.5 Å². The van der Waals surface area contributed by atoms with Gasteiger partial charge in [0.2, 0.25) is 0 Å². The molecule has 1 atom stereocenters. The Kier molecular flexibility index (Phi) is 7.34. The van der Waals surface area contributed by atoms with Gasteiger partial charge >= 0.3 is 0 Å². The summed E-state index contributed by atoms with van der Waals surface area (Å²) in [6, 6.07) is 8.36. The highest BCUT2D eigenvalue weighted by Gasteiger charge is 2.11. The van der Waals surface area contributed by atoms with E-state index in [9.17, 15) is 0 Å². The highest BCUT2D eigenvalue weighted by atomic mass is 16.5. The number of rotatable bonds is 9. The second kappa shape index (κ2) is 8.81. The summed E-state index contributed by atoms with van der Waals surface area (Å²) in [7, 11) is 1.67. The van der Waals surface area contributed by atoms with E-state index >= 15 is 0 Å². The summed E-state index contributed by atoms with van der Waals surface area (Å²) in [5.74, 6) is 2.29. The third kappa shape index (κ3) is 5.52. The molecule has 0 aromatic heterocycles. The zero-order valence-corrected chi connectivity index (χ0v) is 12.6. The first-order chi connectivity index (χ1) is 9.19. The van der Waals surface area contributed by atoms with Crippen LogP contribution in [0.2, 0.25) is 0 Å². The largest absolute Gasteiger partial charge is 0.493 e. The number of ether oxygens (including phenoxy) is 2. The van der Waals surface area contributed by atoms with Crippen molar-refractivity contribution in [2.45, 2.75) is 39.7 Å². The van der Waals surface area contributed by atoms with Crippen LogP contribution in [0.1, 0.15) is 33.6 Å². The lowest BCUT2D eigenvalue weighted by atomic mass is 9.99. The van der Waals surface area contributed by atoms with Gasteiger partial charge in [-0.05, 0) is 37.4 Å². The first-order valence-electron chi connectivity index (χ1n) is 7.18. The number of hydrogen-bond donors (Lipinski definition) is 1. The van der Waals surface area contributed by atoms with Gasteiger partial charge in [0.1, 0.15) is 0 Å². The van der Waals surface area contributed by atoms with Gasteiger partial charge in [-0.3, -0.25) is 0 Å². The fourth-order valence-electron chi connectivity index (χ4n) is 2.16. The molecule has 3 nitrogen and oxygen atoms in total. The number of hydrogen-bond acceptors (Lipinski definition) is 3. The molecule has 0 radical (unpaired) electrons. The monoisotopic (exact) mass is 265 g/mol. The Hall–Kier alpha value is -1.22. The molecule has 3 heteroatoms. The molecule has 1 rings (SSSR count). The topological polar surface area (TPSA) is 30.5 Å². The van der Waals surface area contributed by atoms with Crippen molar-refractivity contribution in [3.63, 3.8) is 0 Å². The average molecular weight is 265 g/mol. The molecule has 19 heavy (non-hydrogen) atoms. The van der Waals surface area contributed by atoms with Crippen LogP contribution in [0.25, 0.3) is 0 Å². The van der Waals surface area contributed by atoms with Crippen molar-refractivity contribution in [1.82, 2.24) is 5.32 Å². The van der Waals surface area contributed by atoms with Crippen LogP contribution in [0, 0.1) is 5.92 Å². The molecule has 0 aliphatic rings. The van der Waals surface area contributed by atoms with Crippen LogP contribution < -0.4 is 14.8 Å². The van der Waals surface area contributed by atoms with Crippen molar-refractivity contribution < 1.29 is 9.47 Å². The number of methoxy groups -OCH3 is 1. The standard InChI is InChI=1S/C16H27NO2/c1-5-17-14(13(2)3)9-8-12-19-16-11-7-6-10-15(16)18-4/h6-7,10-11,13-14,17H,5,8-9,12H2,1-4H3. The second-order valence-electron chi connectivity index (χ2n) is 5.05. The summed E-state index contributed by atoms with van der Waals surface area (Å²) in [5, 5.41) is 3.52. The summed E-state index contributed by atoms with van der Waals surface area (Å²) < 4.78 is 11.0. The second-order valence-corrected chi connectivity index (χ2v) is 5.05. The van der Waals surface area contributed by atoms with Crippen LogP contribution in [-0.4, -0.2) is 26.3 Å². The molecule has 0 aliphatic heterocycles. The highest BCUT2D eigenvalue weighted by molar-refractivity contribution is 5.39. The van der Waals surface area contributed by atoms with E-state index in [1.54, 1.807) is 7.11 Å². The fraction of sp³-hybridized carbons (Fsp3) is 0.625. The maximum atomic E-state index is 5.78. The Bertz CT molecular complexity index is 352. The Labute approximate surface area is 117 Å². The summed E-state index contributed by atoms with van der Waals surface area (Å²) >= 11 is 0. The predicted octanol–water partition coefficient (Wildman–Crippen LogP) is 3.49. The SMILES string of the molecule is CCNC(CCCOc1ccccc1OC)C(C)C. The van der Waals surface area contributed by atoms with Crippen molar-refractivity contribution in [3.05, 3.63) is 24.3 Å². The van der Waals surface area contributed by atoms with E-state index in [0.717, 1.165) is 37.5 Å². The molecule has 0 heterocycles. The minimum absolute atomic E-state index is 0.575. The molecule has 108 valence electrons. The van der Waals surface area contributed by atoms with Crippen molar-refractivity contribution in [1.29, 1.82) is 0 Å². The predicted molar refractivity (Wildman–Crippen MR) is 80.0 cm³/mol. The van der Waals surface area contributed by atoms with E-state index in [1.807, 2.05) is 24.3 Å². The van der Waals surface area contributed by atoms with Gasteiger partial charge in [0.25, 0.3) is 0 Å². The minimum atomic E-state index is 0.575. The third-order valence-corrected chi connectivity index (χ3v) is 3.26. The van der Waals surface area contributed by atoms with Gasteiger partial charge in [-0.1, -0.05) is 32.9 Å². The van der Waals surface area contributed by atoms with Gasteiger partial charge in [0.05, 0.1) is 13.7 Å².